The fourth-order valence-corrected chi connectivity index (χ4v) is 2.83. The van der Waals surface area contributed by atoms with E-state index in [0.29, 0.717) is 12.6 Å². The lowest BCUT2D eigenvalue weighted by Gasteiger charge is -2.24. The van der Waals surface area contributed by atoms with Gasteiger partial charge in [0.25, 0.3) is 0 Å². The number of hydrogen-bond donors (Lipinski definition) is 1. The summed E-state index contributed by atoms with van der Waals surface area (Å²) >= 11 is 0. The summed E-state index contributed by atoms with van der Waals surface area (Å²) in [6.07, 6.45) is 4.86. The summed E-state index contributed by atoms with van der Waals surface area (Å²) in [6, 6.07) is 4.77. The van der Waals surface area contributed by atoms with Gasteiger partial charge in [0.05, 0.1) is 26.4 Å². The summed E-state index contributed by atoms with van der Waals surface area (Å²) < 4.78 is 16.2. The van der Waals surface area contributed by atoms with Gasteiger partial charge in [-0.25, -0.2) is 0 Å². The number of hydrogen-bond acceptors (Lipinski definition) is 4. The second kappa shape index (κ2) is 7.50. The Bertz CT molecular complexity index is 403. The molecule has 20 heavy (non-hydrogen) atoms. The Morgan fingerprint density at radius 3 is 2.30 bits per heavy atom. The van der Waals surface area contributed by atoms with Crippen molar-refractivity contribution >= 4 is 0 Å². The van der Waals surface area contributed by atoms with E-state index in [1.165, 1.54) is 24.8 Å². The molecule has 2 rings (SSSR count). The fraction of sp³-hybridized carbons (Fsp3) is 0.625. The highest BCUT2D eigenvalue weighted by Crippen LogP contribution is 2.32. The minimum absolute atomic E-state index is 0.494. The lowest BCUT2D eigenvalue weighted by Crippen LogP contribution is -2.35. The molecule has 1 saturated heterocycles. The number of piperidine rings is 1. The molecule has 1 heterocycles. The molecule has 0 aromatic heterocycles. The van der Waals surface area contributed by atoms with Gasteiger partial charge in [0, 0.05) is 13.2 Å². The van der Waals surface area contributed by atoms with E-state index in [0.717, 1.165) is 30.0 Å². The number of benzene rings is 1. The van der Waals surface area contributed by atoms with Crippen LogP contribution in [0.4, 0.5) is 0 Å². The summed E-state index contributed by atoms with van der Waals surface area (Å²) in [5, 5.41) is 3.58. The van der Waals surface area contributed by atoms with Crippen LogP contribution >= 0.6 is 0 Å². The number of ether oxygens (including phenoxy) is 3. The number of nitrogens with one attached hydrogen (secondary N) is 1. The third-order valence-electron chi connectivity index (χ3n) is 3.85. The van der Waals surface area contributed by atoms with E-state index in [1.54, 1.807) is 21.3 Å². The van der Waals surface area contributed by atoms with Crippen molar-refractivity contribution in [2.45, 2.75) is 38.3 Å². The lowest BCUT2D eigenvalue weighted by molar-refractivity contribution is 0.178. The first-order valence-electron chi connectivity index (χ1n) is 7.24. The predicted molar refractivity (Wildman–Crippen MR) is 79.6 cm³/mol. The van der Waals surface area contributed by atoms with Gasteiger partial charge in [-0.15, -0.1) is 0 Å². The second-order valence-electron chi connectivity index (χ2n) is 5.26. The first kappa shape index (κ1) is 15.1. The summed E-state index contributed by atoms with van der Waals surface area (Å²) in [4.78, 5) is 0. The first-order chi connectivity index (χ1) is 9.78. The molecule has 1 atom stereocenters. The van der Waals surface area contributed by atoms with Crippen molar-refractivity contribution in [2.75, 3.05) is 27.9 Å². The van der Waals surface area contributed by atoms with Crippen molar-refractivity contribution < 1.29 is 14.2 Å². The minimum atomic E-state index is 0.494. The summed E-state index contributed by atoms with van der Waals surface area (Å²) in [6.45, 7) is 1.62. The highest BCUT2D eigenvalue weighted by Gasteiger charge is 2.17. The highest BCUT2D eigenvalue weighted by molar-refractivity contribution is 5.48. The molecule has 112 valence electrons. The largest absolute Gasteiger partial charge is 0.496 e. The summed E-state index contributed by atoms with van der Waals surface area (Å²) in [5.74, 6) is 1.69. The van der Waals surface area contributed by atoms with Crippen LogP contribution in [-0.4, -0.2) is 33.9 Å². The molecule has 0 saturated carbocycles. The SMILES string of the molecule is COCc1c(OC)cc(CC2CCCCN2)cc1OC. The molecule has 1 N–H and O–H groups in total. The molecule has 0 amide bonds. The molecule has 1 aromatic rings. The van der Waals surface area contributed by atoms with Crippen LogP contribution in [0.1, 0.15) is 30.4 Å². The van der Waals surface area contributed by atoms with Gasteiger partial charge >= 0.3 is 0 Å². The van der Waals surface area contributed by atoms with Gasteiger partial charge < -0.3 is 19.5 Å². The number of methoxy groups -OCH3 is 3. The Labute approximate surface area is 121 Å². The molecule has 4 nitrogen and oxygen atoms in total. The van der Waals surface area contributed by atoms with E-state index in [1.807, 2.05) is 0 Å². The van der Waals surface area contributed by atoms with Gasteiger partial charge in [-0.3, -0.25) is 0 Å². The normalized spacial score (nSPS) is 18.9. The van der Waals surface area contributed by atoms with Crippen molar-refractivity contribution in [1.82, 2.24) is 5.32 Å². The maximum atomic E-state index is 5.49. The highest BCUT2D eigenvalue weighted by atomic mass is 16.5. The molecule has 1 unspecified atom stereocenters. The molecule has 4 heteroatoms. The Kier molecular flexibility index (Phi) is 5.68. The molecule has 1 aromatic carbocycles. The Morgan fingerprint density at radius 2 is 1.80 bits per heavy atom. The van der Waals surface area contributed by atoms with Crippen LogP contribution in [0.25, 0.3) is 0 Å². The van der Waals surface area contributed by atoms with Gasteiger partial charge in [-0.05, 0) is 43.5 Å². The number of rotatable bonds is 6. The van der Waals surface area contributed by atoms with Gasteiger partial charge in [-0.1, -0.05) is 6.42 Å². The van der Waals surface area contributed by atoms with E-state index in [9.17, 15) is 0 Å². The molecule has 0 aliphatic carbocycles. The topological polar surface area (TPSA) is 39.7 Å². The average Bonchev–Trinajstić information content (AvgIpc) is 2.49. The van der Waals surface area contributed by atoms with Crippen molar-refractivity contribution in [1.29, 1.82) is 0 Å². The quantitative estimate of drug-likeness (QED) is 0.868. The standard InChI is InChI=1S/C16H25NO3/c1-18-11-14-15(19-2)9-12(10-16(14)20-3)8-13-6-4-5-7-17-13/h9-10,13,17H,4-8,11H2,1-3H3. The van der Waals surface area contributed by atoms with Crippen LogP contribution in [-0.2, 0) is 17.8 Å². The Morgan fingerprint density at radius 1 is 1.10 bits per heavy atom. The molecule has 1 aliphatic heterocycles. The first-order valence-corrected chi connectivity index (χ1v) is 7.24. The van der Waals surface area contributed by atoms with E-state index >= 15 is 0 Å². The van der Waals surface area contributed by atoms with Gasteiger partial charge in [0.2, 0.25) is 0 Å². The van der Waals surface area contributed by atoms with E-state index in [2.05, 4.69) is 17.4 Å². The zero-order valence-corrected chi connectivity index (χ0v) is 12.7. The van der Waals surface area contributed by atoms with Gasteiger partial charge in [0.1, 0.15) is 11.5 Å². The van der Waals surface area contributed by atoms with Crippen molar-refractivity contribution in [3.8, 4) is 11.5 Å². The molecule has 0 bridgehead atoms. The van der Waals surface area contributed by atoms with E-state index in [-0.39, 0.29) is 0 Å². The molecule has 1 aliphatic rings. The zero-order chi connectivity index (χ0) is 14.4. The van der Waals surface area contributed by atoms with E-state index in [4.69, 9.17) is 14.2 Å². The molecule has 0 radical (unpaired) electrons. The van der Waals surface area contributed by atoms with Crippen LogP contribution < -0.4 is 14.8 Å². The van der Waals surface area contributed by atoms with Crippen LogP contribution in [0.15, 0.2) is 12.1 Å². The summed E-state index contributed by atoms with van der Waals surface area (Å²) in [5.41, 5.74) is 2.22. The van der Waals surface area contributed by atoms with Crippen LogP contribution in [0.3, 0.4) is 0 Å². The third kappa shape index (κ3) is 3.64. The van der Waals surface area contributed by atoms with Crippen LogP contribution in [0.5, 0.6) is 11.5 Å². The minimum Gasteiger partial charge on any atom is -0.496 e. The second-order valence-corrected chi connectivity index (χ2v) is 5.26. The molecule has 1 fully saturated rings. The van der Waals surface area contributed by atoms with Crippen LogP contribution in [0, 0.1) is 0 Å². The molecular weight excluding hydrogens is 254 g/mol. The zero-order valence-electron chi connectivity index (χ0n) is 12.7. The van der Waals surface area contributed by atoms with Crippen molar-refractivity contribution in [3.05, 3.63) is 23.3 Å². The smallest absolute Gasteiger partial charge is 0.128 e. The average molecular weight is 279 g/mol. The molecule has 0 spiro atoms. The maximum Gasteiger partial charge on any atom is 0.128 e. The fourth-order valence-electron chi connectivity index (χ4n) is 2.83. The van der Waals surface area contributed by atoms with Crippen molar-refractivity contribution in [2.24, 2.45) is 0 Å². The molecular formula is C16H25NO3. The van der Waals surface area contributed by atoms with Crippen molar-refractivity contribution in [3.63, 3.8) is 0 Å². The Hall–Kier alpha value is -1.26. The summed E-state index contributed by atoms with van der Waals surface area (Å²) in [7, 11) is 5.06. The van der Waals surface area contributed by atoms with Crippen LogP contribution in [0.2, 0.25) is 0 Å². The van der Waals surface area contributed by atoms with E-state index < -0.39 is 0 Å². The monoisotopic (exact) mass is 279 g/mol. The lowest BCUT2D eigenvalue weighted by atomic mass is 9.96. The third-order valence-corrected chi connectivity index (χ3v) is 3.85. The predicted octanol–water partition coefficient (Wildman–Crippen LogP) is 2.53. The van der Waals surface area contributed by atoms with Gasteiger partial charge in [-0.2, -0.15) is 0 Å². The maximum absolute atomic E-state index is 5.49. The van der Waals surface area contributed by atoms with Gasteiger partial charge in [0.15, 0.2) is 0 Å². The Balaban J connectivity index is 2.20.